The van der Waals surface area contributed by atoms with Gasteiger partial charge in [-0.2, -0.15) is 0 Å². The maximum atomic E-state index is 4.61. The third-order valence-corrected chi connectivity index (χ3v) is 5.98. The zero-order valence-electron chi connectivity index (χ0n) is 12.9. The molecule has 2 aliphatic rings. The summed E-state index contributed by atoms with van der Waals surface area (Å²) in [5.41, 5.74) is 2.45. The predicted octanol–water partition coefficient (Wildman–Crippen LogP) is 3.71. The van der Waals surface area contributed by atoms with Crippen molar-refractivity contribution in [3.63, 3.8) is 0 Å². The Kier molecular flexibility index (Phi) is 3.93. The number of benzene rings is 1. The summed E-state index contributed by atoms with van der Waals surface area (Å²) in [6.45, 7) is 0.977. The molecule has 0 aliphatic carbocycles. The van der Waals surface area contributed by atoms with Gasteiger partial charge in [0, 0.05) is 40.7 Å². The first-order valence-corrected chi connectivity index (χ1v) is 8.98. The average Bonchev–Trinajstić information content (AvgIpc) is 2.88. The third kappa shape index (κ3) is 2.68. The maximum absolute atomic E-state index is 4.61. The fourth-order valence-corrected chi connectivity index (χ4v) is 4.56. The third-order valence-electron chi connectivity index (χ3n) is 5.29. The molecule has 2 fully saturated rings. The largest absolute Gasteiger partial charge is 0.311 e. The highest BCUT2D eigenvalue weighted by Crippen LogP contribution is 2.31. The number of rotatable bonds is 3. The van der Waals surface area contributed by atoms with E-state index in [1.165, 1.54) is 36.6 Å². The Hall–Kier alpha value is -0.970. The van der Waals surface area contributed by atoms with Gasteiger partial charge in [0.05, 0.1) is 5.52 Å². The molecule has 4 heteroatoms. The van der Waals surface area contributed by atoms with Crippen LogP contribution < -0.4 is 5.32 Å². The Morgan fingerprint density at radius 2 is 2.00 bits per heavy atom. The lowest BCUT2D eigenvalue weighted by Gasteiger charge is -2.35. The van der Waals surface area contributed by atoms with E-state index >= 15 is 0 Å². The van der Waals surface area contributed by atoms with E-state index in [1.807, 2.05) is 12.3 Å². The van der Waals surface area contributed by atoms with Gasteiger partial charge in [0.2, 0.25) is 0 Å². The lowest BCUT2D eigenvalue weighted by atomic mass is 9.98. The van der Waals surface area contributed by atoms with Crippen LogP contribution in [0.3, 0.4) is 0 Å². The van der Waals surface area contributed by atoms with Crippen molar-refractivity contribution in [2.45, 2.75) is 50.4 Å². The minimum Gasteiger partial charge on any atom is -0.311 e. The number of halogens is 1. The SMILES string of the molecule is CN(Cc1ccc(Br)c2cccnc12)C1CC2CCC(C1)N2. The summed E-state index contributed by atoms with van der Waals surface area (Å²) in [6, 6.07) is 10.7. The number of pyridine rings is 1. The quantitative estimate of drug-likeness (QED) is 0.905. The molecule has 2 aliphatic heterocycles. The van der Waals surface area contributed by atoms with Crippen LogP contribution in [0.5, 0.6) is 0 Å². The van der Waals surface area contributed by atoms with Gasteiger partial charge >= 0.3 is 0 Å². The van der Waals surface area contributed by atoms with Crippen molar-refractivity contribution >= 4 is 26.8 Å². The van der Waals surface area contributed by atoms with E-state index in [0.29, 0.717) is 6.04 Å². The van der Waals surface area contributed by atoms with Crippen LogP contribution >= 0.6 is 15.9 Å². The molecule has 1 N–H and O–H groups in total. The fourth-order valence-electron chi connectivity index (χ4n) is 4.11. The standard InChI is InChI=1S/C18H22BrN3/c1-22(15-9-13-5-6-14(10-15)21-13)11-12-4-7-17(19)16-3-2-8-20-18(12)16/h2-4,7-8,13-15,21H,5-6,9-11H2,1H3. The van der Waals surface area contributed by atoms with E-state index < -0.39 is 0 Å². The highest BCUT2D eigenvalue weighted by atomic mass is 79.9. The molecule has 2 bridgehead atoms. The lowest BCUT2D eigenvalue weighted by Crippen LogP contribution is -2.46. The highest BCUT2D eigenvalue weighted by Gasteiger charge is 2.35. The van der Waals surface area contributed by atoms with Gasteiger partial charge in [0.15, 0.2) is 0 Å². The summed E-state index contributed by atoms with van der Waals surface area (Å²) in [7, 11) is 2.27. The molecule has 22 heavy (non-hydrogen) atoms. The molecule has 0 spiro atoms. The van der Waals surface area contributed by atoms with E-state index in [1.54, 1.807) is 0 Å². The molecule has 2 atom stereocenters. The van der Waals surface area contributed by atoms with Crippen LogP contribution in [-0.2, 0) is 6.54 Å². The Balaban J connectivity index is 1.57. The van der Waals surface area contributed by atoms with Crippen LogP contribution in [0.2, 0.25) is 0 Å². The molecule has 4 rings (SSSR count). The number of aromatic nitrogens is 1. The first-order chi connectivity index (χ1) is 10.7. The molecular weight excluding hydrogens is 338 g/mol. The van der Waals surface area contributed by atoms with Crippen molar-refractivity contribution in [1.82, 2.24) is 15.2 Å². The summed E-state index contributed by atoms with van der Waals surface area (Å²) in [5.74, 6) is 0. The average molecular weight is 360 g/mol. The molecule has 2 aromatic rings. The molecule has 2 saturated heterocycles. The molecule has 3 nitrogen and oxygen atoms in total. The summed E-state index contributed by atoms with van der Waals surface area (Å²) in [5, 5.41) is 4.94. The van der Waals surface area contributed by atoms with Crippen LogP contribution in [0.15, 0.2) is 34.9 Å². The van der Waals surface area contributed by atoms with E-state index in [4.69, 9.17) is 0 Å². The van der Waals surface area contributed by atoms with Gasteiger partial charge in [0.25, 0.3) is 0 Å². The highest BCUT2D eigenvalue weighted by molar-refractivity contribution is 9.10. The van der Waals surface area contributed by atoms with E-state index in [0.717, 1.165) is 28.6 Å². The molecule has 0 saturated carbocycles. The number of hydrogen-bond acceptors (Lipinski definition) is 3. The van der Waals surface area contributed by atoms with Crippen molar-refractivity contribution in [2.24, 2.45) is 0 Å². The lowest BCUT2D eigenvalue weighted by molar-refractivity contribution is 0.166. The molecule has 0 amide bonds. The monoisotopic (exact) mass is 359 g/mol. The minimum atomic E-state index is 0.696. The number of fused-ring (bicyclic) bond motifs is 3. The topological polar surface area (TPSA) is 28.2 Å². The van der Waals surface area contributed by atoms with Crippen molar-refractivity contribution < 1.29 is 0 Å². The van der Waals surface area contributed by atoms with Crippen molar-refractivity contribution in [3.8, 4) is 0 Å². The zero-order valence-corrected chi connectivity index (χ0v) is 14.5. The van der Waals surface area contributed by atoms with Gasteiger partial charge in [-0.15, -0.1) is 0 Å². The summed E-state index contributed by atoms with van der Waals surface area (Å²) in [4.78, 5) is 7.14. The number of hydrogen-bond donors (Lipinski definition) is 1. The van der Waals surface area contributed by atoms with Crippen LogP contribution in [0.25, 0.3) is 10.9 Å². The summed E-state index contributed by atoms with van der Waals surface area (Å²) < 4.78 is 1.13. The zero-order chi connectivity index (χ0) is 15.1. The number of nitrogens with one attached hydrogen (secondary N) is 1. The second kappa shape index (κ2) is 5.91. The van der Waals surface area contributed by atoms with Gasteiger partial charge in [0.1, 0.15) is 0 Å². The minimum absolute atomic E-state index is 0.696. The van der Waals surface area contributed by atoms with E-state index in [2.05, 4.69) is 56.4 Å². The fraction of sp³-hybridized carbons (Fsp3) is 0.500. The van der Waals surface area contributed by atoms with Gasteiger partial charge in [-0.05, 0) is 50.4 Å². The Labute approximate surface area is 140 Å². The molecule has 1 aromatic heterocycles. The van der Waals surface area contributed by atoms with E-state index in [-0.39, 0.29) is 0 Å². The van der Waals surface area contributed by atoms with Gasteiger partial charge in [-0.25, -0.2) is 0 Å². The second-order valence-corrected chi connectivity index (χ2v) is 7.64. The first kappa shape index (κ1) is 14.6. The number of nitrogens with zero attached hydrogens (tertiary/aromatic N) is 2. The van der Waals surface area contributed by atoms with Crippen LogP contribution in [0.1, 0.15) is 31.2 Å². The van der Waals surface area contributed by atoms with Crippen LogP contribution in [0, 0.1) is 0 Å². The Morgan fingerprint density at radius 1 is 1.23 bits per heavy atom. The first-order valence-electron chi connectivity index (χ1n) is 8.19. The van der Waals surface area contributed by atoms with Crippen molar-refractivity contribution in [3.05, 3.63) is 40.5 Å². The van der Waals surface area contributed by atoms with Crippen LogP contribution in [-0.4, -0.2) is 35.1 Å². The summed E-state index contributed by atoms with van der Waals surface area (Å²) in [6.07, 6.45) is 7.18. The van der Waals surface area contributed by atoms with Crippen molar-refractivity contribution in [2.75, 3.05) is 7.05 Å². The van der Waals surface area contributed by atoms with Gasteiger partial charge < -0.3 is 5.32 Å². The van der Waals surface area contributed by atoms with Gasteiger partial charge in [-0.3, -0.25) is 9.88 Å². The number of piperidine rings is 1. The molecular formula is C18H22BrN3. The molecule has 116 valence electrons. The van der Waals surface area contributed by atoms with Gasteiger partial charge in [-0.1, -0.05) is 28.1 Å². The second-order valence-electron chi connectivity index (χ2n) is 6.78. The van der Waals surface area contributed by atoms with Crippen molar-refractivity contribution in [1.29, 1.82) is 0 Å². The smallest absolute Gasteiger partial charge is 0.0758 e. The Morgan fingerprint density at radius 3 is 2.77 bits per heavy atom. The Bertz CT molecular complexity index is 675. The van der Waals surface area contributed by atoms with E-state index in [9.17, 15) is 0 Å². The normalized spacial score (nSPS) is 27.7. The molecule has 1 aromatic carbocycles. The molecule has 0 radical (unpaired) electrons. The summed E-state index contributed by atoms with van der Waals surface area (Å²) >= 11 is 3.64. The molecule has 2 unspecified atom stereocenters. The van der Waals surface area contributed by atoms with Crippen LogP contribution in [0.4, 0.5) is 0 Å². The predicted molar refractivity (Wildman–Crippen MR) is 93.9 cm³/mol. The maximum Gasteiger partial charge on any atom is 0.0758 e. The molecule has 3 heterocycles.